The number of nitrogens with one attached hydrogen (secondary N) is 3. The molecule has 3 rings (SSSR count). The largest absolute Gasteiger partial charge is 0.370 e. The lowest BCUT2D eigenvalue weighted by Gasteiger charge is -2.08. The molecule has 3 aromatic rings. The van der Waals surface area contributed by atoms with E-state index in [9.17, 15) is 14.4 Å². The highest BCUT2D eigenvalue weighted by molar-refractivity contribution is 7.12. The molecule has 0 aromatic carbocycles. The number of aromatic nitrogens is 2. The van der Waals surface area contributed by atoms with Gasteiger partial charge in [0.05, 0.1) is 17.6 Å². The summed E-state index contributed by atoms with van der Waals surface area (Å²) in [5.74, 6) is -0.886. The zero-order chi connectivity index (χ0) is 16.9. The molecule has 0 aliphatic heterocycles. The number of carbonyl (C=O) groups excluding carboxylic acids is 2. The summed E-state index contributed by atoms with van der Waals surface area (Å²) in [6, 6.07) is 8.58. The Morgan fingerprint density at radius 3 is 2.83 bits per heavy atom. The Morgan fingerprint density at radius 2 is 2.04 bits per heavy atom. The number of hydrogen-bond donors (Lipinski definition) is 3. The molecule has 0 unspecified atom stereocenters. The zero-order valence-electron chi connectivity index (χ0n) is 12.4. The Kier molecular flexibility index (Phi) is 4.52. The molecule has 24 heavy (non-hydrogen) atoms. The molecule has 0 spiro atoms. The van der Waals surface area contributed by atoms with Gasteiger partial charge >= 0.3 is 0 Å². The first-order chi connectivity index (χ1) is 11.6. The number of pyridine rings is 1. The second-order valence-corrected chi connectivity index (χ2v) is 5.69. The van der Waals surface area contributed by atoms with Crippen LogP contribution in [0.1, 0.15) is 9.67 Å². The number of thiophene rings is 1. The standard InChI is InChI=1S/C15H13N5O3S/c21-13(18-19-14(22)11-4-3-7-24-11)9-16-10-8-17-12-5-1-2-6-20(12)15(10)23/h1-8,16H,9H2,(H,18,21)(H,19,22). The van der Waals surface area contributed by atoms with Crippen LogP contribution in [-0.2, 0) is 4.79 Å². The third-order valence-corrected chi connectivity index (χ3v) is 3.98. The van der Waals surface area contributed by atoms with E-state index in [2.05, 4.69) is 21.2 Å². The van der Waals surface area contributed by atoms with Crippen LogP contribution >= 0.6 is 11.3 Å². The number of rotatable bonds is 4. The lowest BCUT2D eigenvalue weighted by molar-refractivity contribution is -0.120. The maximum Gasteiger partial charge on any atom is 0.281 e. The third-order valence-electron chi connectivity index (χ3n) is 3.11. The van der Waals surface area contributed by atoms with Gasteiger partial charge in [-0.1, -0.05) is 12.1 Å². The molecule has 0 saturated carbocycles. The number of fused-ring (bicyclic) bond motifs is 1. The van der Waals surface area contributed by atoms with Crippen LogP contribution in [-0.4, -0.2) is 27.7 Å². The molecule has 0 atom stereocenters. The number of anilines is 1. The van der Waals surface area contributed by atoms with Crippen LogP contribution in [0, 0.1) is 0 Å². The summed E-state index contributed by atoms with van der Waals surface area (Å²) in [5.41, 5.74) is 4.97. The first-order valence-electron chi connectivity index (χ1n) is 6.98. The van der Waals surface area contributed by atoms with E-state index in [0.717, 1.165) is 0 Å². The van der Waals surface area contributed by atoms with Crippen LogP contribution in [0.4, 0.5) is 5.69 Å². The maximum absolute atomic E-state index is 12.2. The average Bonchev–Trinajstić information content (AvgIpc) is 3.14. The molecule has 122 valence electrons. The first-order valence-corrected chi connectivity index (χ1v) is 7.86. The van der Waals surface area contributed by atoms with Crippen molar-refractivity contribution in [3.05, 3.63) is 63.3 Å². The minimum absolute atomic E-state index is 0.180. The summed E-state index contributed by atoms with van der Waals surface area (Å²) in [6.07, 6.45) is 2.96. The number of nitrogens with zero attached hydrogens (tertiary/aromatic N) is 2. The number of hydrogen-bond acceptors (Lipinski definition) is 6. The Morgan fingerprint density at radius 1 is 1.17 bits per heavy atom. The molecule has 3 aromatic heterocycles. The van der Waals surface area contributed by atoms with Crippen LogP contribution in [0.5, 0.6) is 0 Å². The topological polar surface area (TPSA) is 105 Å². The summed E-state index contributed by atoms with van der Waals surface area (Å²) in [7, 11) is 0. The second-order valence-electron chi connectivity index (χ2n) is 4.74. The van der Waals surface area contributed by atoms with Gasteiger partial charge in [0.15, 0.2) is 0 Å². The van der Waals surface area contributed by atoms with Crippen molar-refractivity contribution in [2.24, 2.45) is 0 Å². The lowest BCUT2D eigenvalue weighted by Crippen LogP contribution is -2.44. The summed E-state index contributed by atoms with van der Waals surface area (Å²) in [4.78, 5) is 40.3. The van der Waals surface area contributed by atoms with Crippen molar-refractivity contribution in [2.45, 2.75) is 0 Å². The predicted molar refractivity (Wildman–Crippen MR) is 89.9 cm³/mol. The van der Waals surface area contributed by atoms with Gasteiger partial charge in [0.1, 0.15) is 11.3 Å². The van der Waals surface area contributed by atoms with Crippen molar-refractivity contribution in [3.8, 4) is 0 Å². The Bertz CT molecular complexity index is 936. The Balaban J connectivity index is 1.57. The van der Waals surface area contributed by atoms with E-state index in [4.69, 9.17) is 0 Å². The molecule has 9 heteroatoms. The molecule has 0 fully saturated rings. The Hall–Kier alpha value is -3.20. The van der Waals surface area contributed by atoms with Crippen molar-refractivity contribution in [1.29, 1.82) is 0 Å². The average molecular weight is 343 g/mol. The highest BCUT2D eigenvalue weighted by Crippen LogP contribution is 2.07. The fourth-order valence-electron chi connectivity index (χ4n) is 1.96. The molecule has 0 radical (unpaired) electrons. The third kappa shape index (κ3) is 3.41. The van der Waals surface area contributed by atoms with E-state index < -0.39 is 11.8 Å². The van der Waals surface area contributed by atoms with E-state index in [0.29, 0.717) is 10.5 Å². The minimum atomic E-state index is -0.488. The Labute approximate surface area is 140 Å². The number of carbonyl (C=O) groups is 2. The van der Waals surface area contributed by atoms with Crippen molar-refractivity contribution >= 4 is 34.5 Å². The smallest absolute Gasteiger partial charge is 0.281 e. The van der Waals surface area contributed by atoms with Gasteiger partial charge in [-0.2, -0.15) is 0 Å². The normalized spacial score (nSPS) is 10.3. The maximum atomic E-state index is 12.2. The van der Waals surface area contributed by atoms with Crippen molar-refractivity contribution in [1.82, 2.24) is 20.2 Å². The minimum Gasteiger partial charge on any atom is -0.370 e. The molecule has 2 amide bonds. The SMILES string of the molecule is O=C(CNc1cnc2ccccn2c1=O)NNC(=O)c1cccs1. The number of hydrazine groups is 1. The van der Waals surface area contributed by atoms with Crippen molar-refractivity contribution in [3.63, 3.8) is 0 Å². The van der Waals surface area contributed by atoms with E-state index in [1.54, 1.807) is 41.9 Å². The fraction of sp³-hybridized carbons (Fsp3) is 0.0667. The zero-order valence-corrected chi connectivity index (χ0v) is 13.2. The molecule has 3 heterocycles. The molecule has 0 saturated heterocycles. The molecule has 0 bridgehead atoms. The predicted octanol–water partition coefficient (Wildman–Crippen LogP) is 0.629. The molecule has 0 aliphatic rings. The molecule has 3 N–H and O–H groups in total. The van der Waals surface area contributed by atoms with Gasteiger partial charge in [0.2, 0.25) is 0 Å². The van der Waals surface area contributed by atoms with Crippen molar-refractivity contribution < 1.29 is 9.59 Å². The second kappa shape index (κ2) is 6.92. The summed E-state index contributed by atoms with van der Waals surface area (Å²) in [6.45, 7) is -0.180. The van der Waals surface area contributed by atoms with Gasteiger partial charge < -0.3 is 5.32 Å². The quantitative estimate of drug-likeness (QED) is 0.603. The fourth-order valence-corrected chi connectivity index (χ4v) is 2.58. The van der Waals surface area contributed by atoms with Gasteiger partial charge in [0, 0.05) is 6.20 Å². The molecular weight excluding hydrogens is 330 g/mol. The van der Waals surface area contributed by atoms with Crippen LogP contribution in [0.2, 0.25) is 0 Å². The van der Waals surface area contributed by atoms with E-state index in [1.165, 1.54) is 21.9 Å². The lowest BCUT2D eigenvalue weighted by atomic mass is 10.4. The molecule has 0 aliphatic carbocycles. The summed E-state index contributed by atoms with van der Waals surface area (Å²) < 4.78 is 1.37. The van der Waals surface area contributed by atoms with Crippen LogP contribution < -0.4 is 21.7 Å². The van der Waals surface area contributed by atoms with E-state index in [-0.39, 0.29) is 17.8 Å². The first kappa shape index (κ1) is 15.7. The molecule has 8 nitrogen and oxygen atoms in total. The number of amides is 2. The molecular formula is C15H13N5O3S. The van der Waals surface area contributed by atoms with Gasteiger partial charge in [0.25, 0.3) is 17.4 Å². The summed E-state index contributed by atoms with van der Waals surface area (Å²) >= 11 is 1.26. The van der Waals surface area contributed by atoms with Gasteiger partial charge in [-0.15, -0.1) is 11.3 Å². The summed E-state index contributed by atoms with van der Waals surface area (Å²) in [5, 5.41) is 4.47. The monoisotopic (exact) mass is 343 g/mol. The van der Waals surface area contributed by atoms with Crippen LogP contribution in [0.15, 0.2) is 52.9 Å². The van der Waals surface area contributed by atoms with E-state index in [1.807, 2.05) is 0 Å². The van der Waals surface area contributed by atoms with Gasteiger partial charge in [-0.25, -0.2) is 4.98 Å². The van der Waals surface area contributed by atoms with Crippen LogP contribution in [0.3, 0.4) is 0 Å². The highest BCUT2D eigenvalue weighted by atomic mass is 32.1. The van der Waals surface area contributed by atoms with Gasteiger partial charge in [-0.05, 0) is 23.6 Å². The van der Waals surface area contributed by atoms with Crippen LogP contribution in [0.25, 0.3) is 5.65 Å². The van der Waals surface area contributed by atoms with E-state index >= 15 is 0 Å². The van der Waals surface area contributed by atoms with Gasteiger partial charge in [-0.3, -0.25) is 29.6 Å². The highest BCUT2D eigenvalue weighted by Gasteiger charge is 2.09. The van der Waals surface area contributed by atoms with Crippen molar-refractivity contribution in [2.75, 3.05) is 11.9 Å².